The van der Waals surface area contributed by atoms with E-state index in [1.165, 1.54) is 22.0 Å². The third-order valence-electron chi connectivity index (χ3n) is 4.29. The lowest BCUT2D eigenvalue weighted by Crippen LogP contribution is -2.32. The van der Waals surface area contributed by atoms with Gasteiger partial charge in [0.2, 0.25) is 0 Å². The van der Waals surface area contributed by atoms with Gasteiger partial charge in [0.1, 0.15) is 0 Å². The molecule has 3 aromatic rings. The topological polar surface area (TPSA) is 11.4 Å². The van der Waals surface area contributed by atoms with Gasteiger partial charge in [-0.2, -0.15) is 0 Å². The van der Waals surface area contributed by atoms with Crippen LogP contribution in [-0.4, -0.2) is 43.8 Å². The van der Waals surface area contributed by atoms with Crippen molar-refractivity contribution in [3.05, 3.63) is 59.8 Å². The smallest absolute Gasteiger partial charge is 0.0702 e. The zero-order chi connectivity index (χ0) is 17.1. The Hall–Kier alpha value is -1.97. The molecule has 0 atom stereocenters. The van der Waals surface area contributed by atoms with Gasteiger partial charge in [-0.3, -0.25) is 4.68 Å². The van der Waals surface area contributed by atoms with Crippen molar-refractivity contribution in [1.29, 1.82) is 0 Å². The van der Waals surface area contributed by atoms with Crippen LogP contribution in [0.5, 0.6) is 0 Å². The maximum atomic E-state index is 6.26. The lowest BCUT2D eigenvalue weighted by molar-refractivity contribution is 0.396. The van der Waals surface area contributed by atoms with Crippen LogP contribution in [-0.2, 0) is 0 Å². The van der Waals surface area contributed by atoms with Crippen LogP contribution in [0.25, 0.3) is 22.0 Å². The van der Waals surface area contributed by atoms with Gasteiger partial charge in [-0.1, -0.05) is 41.9 Å². The number of halogens is 1. The third-order valence-corrected chi connectivity index (χ3v) is 4.52. The summed E-state index contributed by atoms with van der Waals surface area (Å²) in [5, 5.41) is 4.23. The van der Waals surface area contributed by atoms with Crippen LogP contribution in [0.3, 0.4) is 0 Å². The van der Waals surface area contributed by atoms with Gasteiger partial charge in [0.15, 0.2) is 0 Å². The average molecular weight is 342 g/mol. The molecule has 2 aromatic carbocycles. The minimum absolute atomic E-state index is 0.771. The van der Waals surface area contributed by atoms with Crippen molar-refractivity contribution in [1.82, 2.24) is 9.58 Å². The summed E-state index contributed by atoms with van der Waals surface area (Å²) in [6.07, 6.45) is 3.34. The van der Waals surface area contributed by atoms with Crippen LogP contribution >= 0.6 is 11.6 Å². The highest BCUT2D eigenvalue weighted by atomic mass is 35.5. The summed E-state index contributed by atoms with van der Waals surface area (Å²) < 4.78 is 2.24. The molecule has 3 rings (SSSR count). The Morgan fingerprint density at radius 3 is 2.42 bits per heavy atom. The Kier molecular flexibility index (Phi) is 5.12. The van der Waals surface area contributed by atoms with E-state index in [0.717, 1.165) is 24.5 Å². The maximum absolute atomic E-state index is 6.26. The first-order valence-corrected chi connectivity index (χ1v) is 8.66. The van der Waals surface area contributed by atoms with Crippen molar-refractivity contribution in [3.8, 4) is 11.1 Å². The van der Waals surface area contributed by atoms with Crippen molar-refractivity contribution in [3.63, 3.8) is 0 Å². The number of nitrogens with zero attached hydrogens (tertiary/aromatic N) is 3. The molecule has 0 saturated carbocycles. The number of hydrogen-bond donors (Lipinski definition) is 0. The van der Waals surface area contributed by atoms with Gasteiger partial charge in [-0.25, -0.2) is 0 Å². The average Bonchev–Trinajstić information content (AvgIpc) is 2.94. The summed E-state index contributed by atoms with van der Waals surface area (Å²) in [4.78, 5) is 2.22. The molecule has 4 heteroatoms. The first-order valence-electron chi connectivity index (χ1n) is 8.28. The first-order chi connectivity index (χ1) is 11.6. The summed E-state index contributed by atoms with van der Waals surface area (Å²) in [7, 11) is 6.36. The molecule has 0 spiro atoms. The molecule has 0 saturated heterocycles. The Morgan fingerprint density at radius 2 is 1.71 bits per heavy atom. The van der Waals surface area contributed by atoms with E-state index < -0.39 is 0 Å². The van der Waals surface area contributed by atoms with Gasteiger partial charge < -0.3 is 9.91 Å². The highest BCUT2D eigenvalue weighted by Gasteiger charge is 2.13. The van der Waals surface area contributed by atoms with Gasteiger partial charge in [0.05, 0.1) is 5.52 Å². The van der Waals surface area contributed by atoms with Crippen LogP contribution in [0.15, 0.2) is 54.7 Å². The number of fused-ring (bicyclic) bond motifs is 1. The van der Waals surface area contributed by atoms with E-state index in [0.29, 0.717) is 0 Å². The van der Waals surface area contributed by atoms with Crippen LogP contribution in [0.4, 0.5) is 0 Å². The van der Waals surface area contributed by atoms with E-state index in [1.54, 1.807) is 0 Å². The zero-order valence-electron chi connectivity index (χ0n) is 14.5. The fourth-order valence-electron chi connectivity index (χ4n) is 3.04. The molecule has 126 valence electrons. The molecular weight excluding hydrogens is 318 g/mol. The predicted octanol–water partition coefficient (Wildman–Crippen LogP) is 4.48. The fourth-order valence-corrected chi connectivity index (χ4v) is 3.21. The first kappa shape index (κ1) is 16.9. The molecule has 0 aliphatic rings. The lowest BCUT2D eigenvalue weighted by atomic mass is 10.1. The molecule has 0 aliphatic heterocycles. The Labute approximate surface area is 149 Å². The number of rotatable bonds is 6. The van der Waals surface area contributed by atoms with Gasteiger partial charge >= 0.3 is 0 Å². The largest absolute Gasteiger partial charge is 0.316 e. The standard InChI is InChI=1S/C20H24ClN3/c1-22(2)12-7-13-23(3)24-15-19(16-8-5-4-6-9-16)18-14-17(21)10-11-20(18)24/h4-6,8-11,14-15H,7,12-13H2,1-3H3. The second-order valence-corrected chi connectivity index (χ2v) is 6.89. The van der Waals surface area contributed by atoms with E-state index in [4.69, 9.17) is 11.6 Å². The Balaban J connectivity index is 1.99. The fraction of sp³-hybridized carbons (Fsp3) is 0.300. The molecular formula is C20H24ClN3. The maximum Gasteiger partial charge on any atom is 0.0702 e. The molecule has 0 bridgehead atoms. The molecule has 1 aromatic heterocycles. The predicted molar refractivity (Wildman–Crippen MR) is 105 cm³/mol. The highest BCUT2D eigenvalue weighted by molar-refractivity contribution is 6.31. The minimum atomic E-state index is 0.771. The second kappa shape index (κ2) is 7.29. The van der Waals surface area contributed by atoms with E-state index in [2.05, 4.69) is 78.3 Å². The van der Waals surface area contributed by atoms with E-state index in [-0.39, 0.29) is 0 Å². The van der Waals surface area contributed by atoms with Crippen LogP contribution in [0.1, 0.15) is 6.42 Å². The number of benzene rings is 2. The van der Waals surface area contributed by atoms with Gasteiger partial charge in [0, 0.05) is 35.8 Å². The summed E-state index contributed by atoms with van der Waals surface area (Å²) in [5.41, 5.74) is 3.61. The molecule has 0 N–H and O–H groups in total. The van der Waals surface area contributed by atoms with Crippen LogP contribution in [0, 0.1) is 0 Å². The Morgan fingerprint density at radius 1 is 0.958 bits per heavy atom. The SMILES string of the molecule is CN(C)CCCN(C)n1cc(-c2ccccc2)c2cc(Cl)ccc21. The van der Waals surface area contributed by atoms with Gasteiger partial charge in [-0.15, -0.1) is 0 Å². The molecule has 0 aliphatic carbocycles. The number of hydrogen-bond acceptors (Lipinski definition) is 2. The highest BCUT2D eigenvalue weighted by Crippen LogP contribution is 2.32. The molecule has 0 fully saturated rings. The normalized spacial score (nSPS) is 11.4. The van der Waals surface area contributed by atoms with E-state index in [1.807, 2.05) is 12.1 Å². The quantitative estimate of drug-likeness (QED) is 0.655. The molecule has 24 heavy (non-hydrogen) atoms. The third kappa shape index (κ3) is 3.58. The number of aromatic nitrogens is 1. The molecule has 3 nitrogen and oxygen atoms in total. The van der Waals surface area contributed by atoms with Crippen molar-refractivity contribution in [2.24, 2.45) is 0 Å². The van der Waals surface area contributed by atoms with Crippen LogP contribution in [0.2, 0.25) is 5.02 Å². The summed E-state index contributed by atoms with van der Waals surface area (Å²) in [6, 6.07) is 16.6. The summed E-state index contributed by atoms with van der Waals surface area (Å²) in [5.74, 6) is 0. The minimum Gasteiger partial charge on any atom is -0.316 e. The monoisotopic (exact) mass is 341 g/mol. The van der Waals surface area contributed by atoms with Crippen molar-refractivity contribution >= 4 is 22.5 Å². The van der Waals surface area contributed by atoms with Crippen LogP contribution < -0.4 is 5.01 Å². The lowest BCUT2D eigenvalue weighted by Gasteiger charge is -2.22. The van der Waals surface area contributed by atoms with Gasteiger partial charge in [-0.05, 0) is 50.8 Å². The van der Waals surface area contributed by atoms with Crippen molar-refractivity contribution < 1.29 is 0 Å². The molecule has 1 heterocycles. The second-order valence-electron chi connectivity index (χ2n) is 6.45. The van der Waals surface area contributed by atoms with Crippen molar-refractivity contribution in [2.75, 3.05) is 39.2 Å². The van der Waals surface area contributed by atoms with E-state index in [9.17, 15) is 0 Å². The molecule has 0 amide bonds. The van der Waals surface area contributed by atoms with E-state index >= 15 is 0 Å². The molecule has 0 unspecified atom stereocenters. The summed E-state index contributed by atoms with van der Waals surface area (Å²) >= 11 is 6.26. The molecule has 0 radical (unpaired) electrons. The van der Waals surface area contributed by atoms with Gasteiger partial charge in [0.25, 0.3) is 0 Å². The Bertz CT molecular complexity index is 808. The van der Waals surface area contributed by atoms with Crippen molar-refractivity contribution in [2.45, 2.75) is 6.42 Å². The zero-order valence-corrected chi connectivity index (χ0v) is 15.3. The summed E-state index contributed by atoms with van der Waals surface area (Å²) in [6.45, 7) is 2.08.